The second-order valence-corrected chi connectivity index (χ2v) is 7.24. The van der Waals surface area contributed by atoms with Crippen molar-refractivity contribution in [2.45, 2.75) is 6.92 Å². The van der Waals surface area contributed by atoms with E-state index in [0.717, 1.165) is 6.26 Å². The summed E-state index contributed by atoms with van der Waals surface area (Å²) in [4.78, 5) is 12.8. The molecule has 0 saturated heterocycles. The highest BCUT2D eigenvalue weighted by Gasteiger charge is 2.20. The van der Waals surface area contributed by atoms with Gasteiger partial charge in [0.2, 0.25) is 10.0 Å². The van der Waals surface area contributed by atoms with Crippen LogP contribution in [0.15, 0.2) is 46.9 Å². The van der Waals surface area contributed by atoms with Gasteiger partial charge in [-0.05, 0) is 49.4 Å². The number of phenols is 1. The Morgan fingerprint density at radius 3 is 2.42 bits per heavy atom. The molecule has 24 heavy (non-hydrogen) atoms. The second kappa shape index (κ2) is 5.68. The minimum atomic E-state index is -3.42. The maximum absolute atomic E-state index is 12.8. The number of carbonyl (C=O) groups is 1. The molecule has 1 aromatic heterocycles. The maximum atomic E-state index is 12.8. The van der Waals surface area contributed by atoms with Crippen LogP contribution in [-0.4, -0.2) is 25.6 Å². The number of carbonyl (C=O) groups excluding carboxylic acids is 1. The van der Waals surface area contributed by atoms with E-state index in [1.165, 1.54) is 24.3 Å². The summed E-state index contributed by atoms with van der Waals surface area (Å²) in [7, 11) is -3.42. The molecule has 0 unspecified atom stereocenters. The Labute approximate surface area is 138 Å². The fraction of sp³-hybridized carbons (Fsp3) is 0.118. The van der Waals surface area contributed by atoms with E-state index in [-0.39, 0.29) is 11.5 Å². The Kier molecular flexibility index (Phi) is 3.81. The molecule has 3 aromatic rings. The van der Waals surface area contributed by atoms with Gasteiger partial charge in [-0.2, -0.15) is 0 Å². The average molecular weight is 345 g/mol. The SMILES string of the molecule is Cc1oc2ccc(NS(C)(=O)=O)cc2c1C(=O)c1ccc(O)cc1. The topological polar surface area (TPSA) is 96.6 Å². The summed E-state index contributed by atoms with van der Waals surface area (Å²) in [6.45, 7) is 1.68. The molecule has 2 aromatic carbocycles. The highest BCUT2D eigenvalue weighted by atomic mass is 32.2. The van der Waals surface area contributed by atoms with E-state index in [0.29, 0.717) is 33.5 Å². The number of fused-ring (bicyclic) bond motifs is 1. The highest BCUT2D eigenvalue weighted by molar-refractivity contribution is 7.92. The van der Waals surface area contributed by atoms with Gasteiger partial charge in [0.05, 0.1) is 11.8 Å². The summed E-state index contributed by atoms with van der Waals surface area (Å²) in [5.74, 6) is 0.252. The van der Waals surface area contributed by atoms with Gasteiger partial charge < -0.3 is 9.52 Å². The lowest BCUT2D eigenvalue weighted by atomic mass is 10.00. The molecule has 0 fully saturated rings. The lowest BCUT2D eigenvalue weighted by Gasteiger charge is -2.04. The third-order valence-electron chi connectivity index (χ3n) is 3.52. The molecule has 0 radical (unpaired) electrons. The molecule has 0 atom stereocenters. The molecule has 0 aliphatic rings. The lowest BCUT2D eigenvalue weighted by Crippen LogP contribution is -2.09. The van der Waals surface area contributed by atoms with Crippen molar-refractivity contribution in [1.29, 1.82) is 0 Å². The molecule has 124 valence electrons. The van der Waals surface area contributed by atoms with Crippen LogP contribution in [0.5, 0.6) is 5.75 Å². The summed E-state index contributed by atoms with van der Waals surface area (Å²) in [6, 6.07) is 10.7. The maximum Gasteiger partial charge on any atom is 0.229 e. The van der Waals surface area contributed by atoms with E-state index in [4.69, 9.17) is 4.42 Å². The predicted octanol–water partition coefficient (Wildman–Crippen LogP) is 3.05. The zero-order valence-electron chi connectivity index (χ0n) is 13.0. The molecule has 0 bridgehead atoms. The average Bonchev–Trinajstić information content (AvgIpc) is 2.81. The number of nitrogens with one attached hydrogen (secondary N) is 1. The third kappa shape index (κ3) is 3.11. The molecule has 3 rings (SSSR count). The van der Waals surface area contributed by atoms with E-state index in [2.05, 4.69) is 4.72 Å². The van der Waals surface area contributed by atoms with Crippen LogP contribution in [0.1, 0.15) is 21.7 Å². The second-order valence-electron chi connectivity index (χ2n) is 5.49. The van der Waals surface area contributed by atoms with Crippen LogP contribution in [-0.2, 0) is 10.0 Å². The van der Waals surface area contributed by atoms with Crippen LogP contribution in [0.2, 0.25) is 0 Å². The van der Waals surface area contributed by atoms with Gasteiger partial charge in [-0.25, -0.2) is 8.42 Å². The fourth-order valence-electron chi connectivity index (χ4n) is 2.54. The lowest BCUT2D eigenvalue weighted by molar-refractivity contribution is 0.103. The number of rotatable bonds is 4. The zero-order chi connectivity index (χ0) is 17.5. The summed E-state index contributed by atoms with van der Waals surface area (Å²) in [6.07, 6.45) is 1.06. The van der Waals surface area contributed by atoms with Gasteiger partial charge in [0.15, 0.2) is 5.78 Å². The molecule has 0 aliphatic carbocycles. The van der Waals surface area contributed by atoms with Crippen LogP contribution in [0, 0.1) is 6.92 Å². The predicted molar refractivity (Wildman–Crippen MR) is 91.0 cm³/mol. The van der Waals surface area contributed by atoms with Crippen molar-refractivity contribution in [2.24, 2.45) is 0 Å². The van der Waals surface area contributed by atoms with Crippen molar-refractivity contribution in [3.05, 3.63) is 59.4 Å². The first-order chi connectivity index (χ1) is 11.2. The largest absolute Gasteiger partial charge is 0.508 e. The number of phenolic OH excluding ortho intramolecular Hbond substituents is 1. The first-order valence-electron chi connectivity index (χ1n) is 7.09. The molecule has 2 N–H and O–H groups in total. The van der Waals surface area contributed by atoms with Gasteiger partial charge in [0, 0.05) is 16.6 Å². The summed E-state index contributed by atoms with van der Waals surface area (Å²) >= 11 is 0. The van der Waals surface area contributed by atoms with Crippen molar-refractivity contribution in [1.82, 2.24) is 0 Å². The standard InChI is InChI=1S/C17H15NO5S/c1-10-16(17(20)11-3-6-13(19)7-4-11)14-9-12(18-24(2,21)22)5-8-15(14)23-10/h3-9,18-19H,1-2H3. The Bertz CT molecular complexity index is 1030. The Balaban J connectivity index is 2.12. The molecule has 0 saturated carbocycles. The number of ketones is 1. The zero-order valence-corrected chi connectivity index (χ0v) is 13.8. The number of aryl methyl sites for hydroxylation is 1. The van der Waals surface area contributed by atoms with E-state index in [1.807, 2.05) is 0 Å². The van der Waals surface area contributed by atoms with Crippen molar-refractivity contribution in [3.63, 3.8) is 0 Å². The van der Waals surface area contributed by atoms with Gasteiger partial charge in [-0.15, -0.1) is 0 Å². The summed E-state index contributed by atoms with van der Waals surface area (Å²) in [5.41, 5.74) is 1.62. The Morgan fingerprint density at radius 1 is 1.12 bits per heavy atom. The van der Waals surface area contributed by atoms with Gasteiger partial charge in [0.25, 0.3) is 0 Å². The van der Waals surface area contributed by atoms with Crippen molar-refractivity contribution in [2.75, 3.05) is 11.0 Å². The smallest absolute Gasteiger partial charge is 0.229 e. The Hall–Kier alpha value is -2.80. The van der Waals surface area contributed by atoms with Crippen LogP contribution < -0.4 is 4.72 Å². The molecular formula is C17H15NO5S. The van der Waals surface area contributed by atoms with Crippen molar-refractivity contribution >= 4 is 32.5 Å². The van der Waals surface area contributed by atoms with Gasteiger partial charge >= 0.3 is 0 Å². The normalized spacial score (nSPS) is 11.6. The summed E-state index contributed by atoms with van der Waals surface area (Å²) < 4.78 is 30.8. The third-order valence-corrected chi connectivity index (χ3v) is 4.13. The molecule has 1 heterocycles. The summed E-state index contributed by atoms with van der Waals surface area (Å²) in [5, 5.41) is 9.87. The number of benzene rings is 2. The van der Waals surface area contributed by atoms with Gasteiger partial charge in [-0.3, -0.25) is 9.52 Å². The van der Waals surface area contributed by atoms with E-state index in [1.54, 1.807) is 25.1 Å². The van der Waals surface area contributed by atoms with Crippen LogP contribution >= 0.6 is 0 Å². The fourth-order valence-corrected chi connectivity index (χ4v) is 3.09. The Morgan fingerprint density at radius 2 is 1.79 bits per heavy atom. The number of anilines is 1. The molecule has 0 spiro atoms. The van der Waals surface area contributed by atoms with Crippen LogP contribution in [0.4, 0.5) is 5.69 Å². The number of hydrogen-bond donors (Lipinski definition) is 2. The minimum Gasteiger partial charge on any atom is -0.508 e. The number of sulfonamides is 1. The molecule has 0 aliphatic heterocycles. The number of hydrogen-bond acceptors (Lipinski definition) is 5. The number of aromatic hydroxyl groups is 1. The molecule has 6 nitrogen and oxygen atoms in total. The quantitative estimate of drug-likeness (QED) is 0.709. The first kappa shape index (κ1) is 16.1. The highest BCUT2D eigenvalue weighted by Crippen LogP contribution is 2.30. The van der Waals surface area contributed by atoms with Crippen molar-refractivity contribution < 1.29 is 22.7 Å². The molecule has 0 amide bonds. The first-order valence-corrected chi connectivity index (χ1v) is 8.98. The van der Waals surface area contributed by atoms with E-state index < -0.39 is 10.0 Å². The van der Waals surface area contributed by atoms with Crippen molar-refractivity contribution in [3.8, 4) is 5.75 Å². The van der Waals surface area contributed by atoms with Gasteiger partial charge in [0.1, 0.15) is 17.1 Å². The van der Waals surface area contributed by atoms with Crippen LogP contribution in [0.3, 0.4) is 0 Å². The monoisotopic (exact) mass is 345 g/mol. The number of furan rings is 1. The van der Waals surface area contributed by atoms with Gasteiger partial charge in [-0.1, -0.05) is 0 Å². The molecule has 7 heteroatoms. The minimum absolute atomic E-state index is 0.0694. The molecular weight excluding hydrogens is 330 g/mol. The van der Waals surface area contributed by atoms with E-state index in [9.17, 15) is 18.3 Å². The van der Waals surface area contributed by atoms with E-state index >= 15 is 0 Å². The van der Waals surface area contributed by atoms with Crippen LogP contribution in [0.25, 0.3) is 11.0 Å².